The molecule has 2 aliphatic carbocycles. The molecule has 0 aromatic carbocycles. The van der Waals surface area contributed by atoms with E-state index in [0.717, 1.165) is 24.7 Å². The highest BCUT2D eigenvalue weighted by molar-refractivity contribution is 7.87. The van der Waals surface area contributed by atoms with Gasteiger partial charge in [-0.1, -0.05) is 6.42 Å². The lowest BCUT2D eigenvalue weighted by Crippen LogP contribution is -2.47. The first kappa shape index (κ1) is 14.8. The van der Waals surface area contributed by atoms with Crippen LogP contribution in [0.15, 0.2) is 0 Å². The molecule has 0 aromatic heterocycles. The van der Waals surface area contributed by atoms with Gasteiger partial charge < -0.3 is 5.11 Å². The Morgan fingerprint density at radius 1 is 1.20 bits per heavy atom. The van der Waals surface area contributed by atoms with Crippen LogP contribution in [-0.2, 0) is 10.2 Å². The number of hydrogen-bond acceptors (Lipinski definition) is 3. The average molecular weight is 302 g/mol. The molecule has 3 rings (SSSR count). The maximum atomic E-state index is 12.3. The van der Waals surface area contributed by atoms with Crippen LogP contribution in [-0.4, -0.2) is 44.1 Å². The molecule has 3 fully saturated rings. The molecule has 1 heterocycles. The van der Waals surface area contributed by atoms with Crippen LogP contribution in [0.2, 0.25) is 0 Å². The third-order valence-electron chi connectivity index (χ3n) is 5.49. The molecule has 0 aromatic rings. The van der Waals surface area contributed by atoms with Crippen molar-refractivity contribution in [1.82, 2.24) is 9.03 Å². The lowest BCUT2D eigenvalue weighted by molar-refractivity contribution is 0.164. The van der Waals surface area contributed by atoms with Crippen LogP contribution in [0.4, 0.5) is 0 Å². The van der Waals surface area contributed by atoms with Crippen molar-refractivity contribution in [2.45, 2.75) is 38.5 Å². The van der Waals surface area contributed by atoms with Gasteiger partial charge in [-0.05, 0) is 55.8 Å². The van der Waals surface area contributed by atoms with Crippen LogP contribution in [0.5, 0.6) is 0 Å². The fourth-order valence-electron chi connectivity index (χ4n) is 4.32. The topological polar surface area (TPSA) is 69.6 Å². The molecule has 5 nitrogen and oxygen atoms in total. The molecule has 6 heteroatoms. The number of aliphatic hydroxyl groups is 1. The van der Waals surface area contributed by atoms with Crippen molar-refractivity contribution in [3.05, 3.63) is 0 Å². The zero-order valence-electron chi connectivity index (χ0n) is 12.0. The molecule has 0 radical (unpaired) electrons. The van der Waals surface area contributed by atoms with E-state index in [-0.39, 0.29) is 12.5 Å². The zero-order valence-corrected chi connectivity index (χ0v) is 12.8. The number of aliphatic hydroxyl groups excluding tert-OH is 1. The summed E-state index contributed by atoms with van der Waals surface area (Å²) >= 11 is 0. The second-order valence-corrected chi connectivity index (χ2v) is 8.59. The summed E-state index contributed by atoms with van der Waals surface area (Å²) in [6.07, 6.45) is 6.91. The Morgan fingerprint density at radius 2 is 2.05 bits per heavy atom. The van der Waals surface area contributed by atoms with Crippen molar-refractivity contribution in [1.29, 1.82) is 0 Å². The predicted molar refractivity (Wildman–Crippen MR) is 77.2 cm³/mol. The fraction of sp³-hybridized carbons (Fsp3) is 1.00. The number of nitrogens with one attached hydrogen (secondary N) is 1. The highest BCUT2D eigenvalue weighted by atomic mass is 32.2. The molecule has 4 unspecified atom stereocenters. The summed E-state index contributed by atoms with van der Waals surface area (Å²) in [4.78, 5) is 0. The summed E-state index contributed by atoms with van der Waals surface area (Å²) in [5.74, 6) is 2.24. The Bertz CT molecular complexity index is 440. The van der Waals surface area contributed by atoms with Crippen molar-refractivity contribution in [3.8, 4) is 0 Å². The van der Waals surface area contributed by atoms with Gasteiger partial charge in [0.2, 0.25) is 0 Å². The van der Waals surface area contributed by atoms with Gasteiger partial charge in [0.25, 0.3) is 10.2 Å². The molecule has 1 aliphatic heterocycles. The first-order valence-corrected chi connectivity index (χ1v) is 9.38. The van der Waals surface area contributed by atoms with E-state index in [1.54, 1.807) is 0 Å². The number of rotatable bonds is 5. The molecule has 0 spiro atoms. The van der Waals surface area contributed by atoms with Crippen LogP contribution in [0.3, 0.4) is 0 Å². The Labute approximate surface area is 121 Å². The molecule has 0 amide bonds. The summed E-state index contributed by atoms with van der Waals surface area (Å²) in [6.45, 7) is 1.73. The molecular weight excluding hydrogens is 276 g/mol. The van der Waals surface area contributed by atoms with Crippen LogP contribution in [0.1, 0.15) is 38.5 Å². The lowest BCUT2D eigenvalue weighted by atomic mass is 9.89. The maximum Gasteiger partial charge on any atom is 0.279 e. The highest BCUT2D eigenvalue weighted by Gasteiger charge is 2.40. The molecular formula is C14H26N2O3S. The second kappa shape index (κ2) is 5.91. The first-order valence-electron chi connectivity index (χ1n) is 7.94. The van der Waals surface area contributed by atoms with Gasteiger partial charge in [-0.25, -0.2) is 4.72 Å². The van der Waals surface area contributed by atoms with Crippen LogP contribution >= 0.6 is 0 Å². The Kier molecular flexibility index (Phi) is 4.36. The Hall–Kier alpha value is -0.170. The van der Waals surface area contributed by atoms with Crippen molar-refractivity contribution < 1.29 is 13.5 Å². The normalized spacial score (nSPS) is 38.5. The third-order valence-corrected chi connectivity index (χ3v) is 7.04. The van der Waals surface area contributed by atoms with Crippen molar-refractivity contribution in [2.75, 3.05) is 26.2 Å². The van der Waals surface area contributed by atoms with Gasteiger partial charge >= 0.3 is 0 Å². The van der Waals surface area contributed by atoms with E-state index in [1.165, 1.54) is 30.0 Å². The molecule has 20 heavy (non-hydrogen) atoms. The Morgan fingerprint density at radius 3 is 2.70 bits per heavy atom. The first-order chi connectivity index (χ1) is 9.58. The quantitative estimate of drug-likeness (QED) is 0.795. The van der Waals surface area contributed by atoms with Crippen LogP contribution in [0, 0.1) is 23.7 Å². The minimum Gasteiger partial charge on any atom is -0.396 e. The molecule has 4 atom stereocenters. The largest absolute Gasteiger partial charge is 0.396 e. The highest BCUT2D eigenvalue weighted by Crippen LogP contribution is 2.48. The number of nitrogens with zero attached hydrogens (tertiary/aromatic N) is 1. The number of fused-ring (bicyclic) bond motifs is 2. The van der Waals surface area contributed by atoms with Crippen LogP contribution < -0.4 is 4.72 Å². The van der Waals surface area contributed by atoms with Crippen molar-refractivity contribution in [3.63, 3.8) is 0 Å². The minimum absolute atomic E-state index is 0.0817. The van der Waals surface area contributed by atoms with Gasteiger partial charge in [0, 0.05) is 26.2 Å². The van der Waals surface area contributed by atoms with Gasteiger partial charge in [-0.2, -0.15) is 12.7 Å². The van der Waals surface area contributed by atoms with Crippen molar-refractivity contribution >= 4 is 10.2 Å². The van der Waals surface area contributed by atoms with E-state index in [2.05, 4.69) is 4.72 Å². The van der Waals surface area contributed by atoms with Crippen molar-refractivity contribution in [2.24, 2.45) is 23.7 Å². The molecule has 3 aliphatic rings. The fourth-order valence-corrected chi connectivity index (χ4v) is 5.71. The van der Waals surface area contributed by atoms with E-state index in [4.69, 9.17) is 0 Å². The van der Waals surface area contributed by atoms with Gasteiger partial charge in [0.05, 0.1) is 0 Å². The molecule has 116 valence electrons. The second-order valence-electron chi connectivity index (χ2n) is 6.84. The summed E-state index contributed by atoms with van der Waals surface area (Å²) in [6, 6.07) is 0. The van der Waals surface area contributed by atoms with E-state index in [1.807, 2.05) is 0 Å². The average Bonchev–Trinajstić information content (AvgIpc) is 3.08. The van der Waals surface area contributed by atoms with Gasteiger partial charge in [-0.3, -0.25) is 0 Å². The van der Waals surface area contributed by atoms with E-state index < -0.39 is 10.2 Å². The monoisotopic (exact) mass is 302 g/mol. The number of piperidine rings is 1. The van der Waals surface area contributed by atoms with Gasteiger partial charge in [0.1, 0.15) is 0 Å². The predicted octanol–water partition coefficient (Wildman–Crippen LogP) is 0.961. The SMILES string of the molecule is O=S(=O)(NCC1CC2CCC1C2)N1CCCC(CO)C1. The van der Waals surface area contributed by atoms with E-state index in [9.17, 15) is 13.5 Å². The lowest BCUT2D eigenvalue weighted by Gasteiger charge is -2.31. The standard InChI is InChI=1S/C14H26N2O3S/c17-10-12-2-1-5-16(9-12)20(18,19)15-8-14-7-11-3-4-13(14)6-11/h11-15,17H,1-10H2. The van der Waals surface area contributed by atoms with Gasteiger partial charge in [0.15, 0.2) is 0 Å². The molecule has 1 saturated heterocycles. The van der Waals surface area contributed by atoms with E-state index in [0.29, 0.717) is 25.6 Å². The third kappa shape index (κ3) is 3.03. The minimum atomic E-state index is -3.36. The molecule has 2 bridgehead atoms. The molecule has 2 saturated carbocycles. The summed E-state index contributed by atoms with van der Waals surface area (Å²) in [5, 5.41) is 9.21. The summed E-state index contributed by atoms with van der Waals surface area (Å²) < 4.78 is 29.0. The molecule has 2 N–H and O–H groups in total. The summed E-state index contributed by atoms with van der Waals surface area (Å²) in [7, 11) is -3.36. The zero-order chi connectivity index (χ0) is 14.2. The van der Waals surface area contributed by atoms with Crippen LogP contribution in [0.25, 0.3) is 0 Å². The number of hydrogen-bond donors (Lipinski definition) is 2. The van der Waals surface area contributed by atoms with E-state index >= 15 is 0 Å². The summed E-state index contributed by atoms with van der Waals surface area (Å²) in [5.41, 5.74) is 0. The van der Waals surface area contributed by atoms with Gasteiger partial charge in [-0.15, -0.1) is 0 Å². The smallest absolute Gasteiger partial charge is 0.279 e. The Balaban J connectivity index is 1.53. The maximum absolute atomic E-state index is 12.3.